The Bertz CT molecular complexity index is 367. The molecule has 3 heterocycles. The zero-order chi connectivity index (χ0) is 12.2. The summed E-state index contributed by atoms with van der Waals surface area (Å²) in [5.41, 5.74) is 1.10. The monoisotopic (exact) mass is 247 g/mol. The number of piperidine rings is 1. The molecule has 0 spiro atoms. The largest absolute Gasteiger partial charge is 0.379 e. The van der Waals surface area contributed by atoms with Gasteiger partial charge in [-0.3, -0.25) is 0 Å². The lowest BCUT2D eigenvalue weighted by molar-refractivity contribution is 0.195. The molecule has 4 nitrogen and oxygen atoms in total. The van der Waals surface area contributed by atoms with E-state index in [4.69, 9.17) is 4.74 Å². The number of nitrogens with one attached hydrogen (secondary N) is 1. The van der Waals surface area contributed by atoms with E-state index in [0.717, 1.165) is 44.2 Å². The van der Waals surface area contributed by atoms with Crippen LogP contribution in [-0.4, -0.2) is 37.3 Å². The van der Waals surface area contributed by atoms with Crippen molar-refractivity contribution < 1.29 is 4.74 Å². The lowest BCUT2D eigenvalue weighted by Crippen LogP contribution is -2.30. The van der Waals surface area contributed by atoms with Gasteiger partial charge in [0.2, 0.25) is 0 Å². The number of anilines is 2. The van der Waals surface area contributed by atoms with E-state index >= 15 is 0 Å². The average molecular weight is 247 g/mol. The molecule has 2 aliphatic rings. The van der Waals surface area contributed by atoms with Crippen LogP contribution in [0.2, 0.25) is 0 Å². The third-order valence-electron chi connectivity index (χ3n) is 3.73. The maximum absolute atomic E-state index is 5.36. The van der Waals surface area contributed by atoms with Crippen LogP contribution < -0.4 is 10.2 Å². The van der Waals surface area contributed by atoms with Gasteiger partial charge in [0, 0.05) is 19.7 Å². The van der Waals surface area contributed by atoms with E-state index in [9.17, 15) is 0 Å². The molecule has 2 aliphatic heterocycles. The Morgan fingerprint density at radius 2 is 2.11 bits per heavy atom. The second-order valence-corrected chi connectivity index (χ2v) is 5.16. The number of hydrogen-bond acceptors (Lipinski definition) is 4. The molecule has 0 amide bonds. The molecule has 1 aromatic rings. The van der Waals surface area contributed by atoms with Crippen LogP contribution in [-0.2, 0) is 4.74 Å². The molecule has 0 bridgehead atoms. The molecule has 0 saturated carbocycles. The van der Waals surface area contributed by atoms with Gasteiger partial charge in [-0.25, -0.2) is 4.98 Å². The molecular formula is C14H21N3O. The number of ether oxygens (including phenoxy) is 1. The van der Waals surface area contributed by atoms with Crippen molar-refractivity contribution in [2.24, 2.45) is 0 Å². The van der Waals surface area contributed by atoms with Gasteiger partial charge in [0.05, 0.1) is 24.5 Å². The van der Waals surface area contributed by atoms with E-state index in [1.165, 1.54) is 19.3 Å². The first-order chi connectivity index (χ1) is 8.92. The highest BCUT2D eigenvalue weighted by Gasteiger charge is 2.16. The van der Waals surface area contributed by atoms with Crippen molar-refractivity contribution >= 4 is 11.5 Å². The zero-order valence-corrected chi connectivity index (χ0v) is 10.8. The fraction of sp³-hybridized carbons (Fsp3) is 0.643. The Balaban J connectivity index is 1.60. The predicted molar refractivity (Wildman–Crippen MR) is 73.1 cm³/mol. The molecule has 18 heavy (non-hydrogen) atoms. The van der Waals surface area contributed by atoms with Crippen LogP contribution in [0.1, 0.15) is 25.7 Å². The summed E-state index contributed by atoms with van der Waals surface area (Å²) in [5.74, 6) is 1.11. The fourth-order valence-corrected chi connectivity index (χ4v) is 2.67. The van der Waals surface area contributed by atoms with E-state index in [1.54, 1.807) is 0 Å². The molecule has 2 fully saturated rings. The van der Waals surface area contributed by atoms with Crippen LogP contribution in [0.5, 0.6) is 0 Å². The van der Waals surface area contributed by atoms with Crippen molar-refractivity contribution in [3.8, 4) is 0 Å². The van der Waals surface area contributed by atoms with Gasteiger partial charge < -0.3 is 15.0 Å². The average Bonchev–Trinajstić information content (AvgIpc) is 2.94. The lowest BCUT2D eigenvalue weighted by Gasteiger charge is -2.27. The summed E-state index contributed by atoms with van der Waals surface area (Å²) >= 11 is 0. The van der Waals surface area contributed by atoms with Gasteiger partial charge in [0.15, 0.2) is 0 Å². The first-order valence-electron chi connectivity index (χ1n) is 6.97. The second kappa shape index (κ2) is 5.57. The lowest BCUT2D eigenvalue weighted by atomic mass is 10.1. The number of rotatable bonds is 3. The van der Waals surface area contributed by atoms with Gasteiger partial charge >= 0.3 is 0 Å². The SMILES string of the molecule is c1cc(N2CCCCC2)ncc1NC1CCOC1. The third-order valence-corrected chi connectivity index (χ3v) is 3.73. The van der Waals surface area contributed by atoms with E-state index in [-0.39, 0.29) is 0 Å². The summed E-state index contributed by atoms with van der Waals surface area (Å²) in [7, 11) is 0. The van der Waals surface area contributed by atoms with Crippen LogP contribution in [0, 0.1) is 0 Å². The van der Waals surface area contributed by atoms with Crippen LogP contribution in [0.4, 0.5) is 11.5 Å². The molecule has 1 N–H and O–H groups in total. The Kier molecular flexibility index (Phi) is 3.64. The standard InChI is InChI=1S/C14H21N3O/c1-2-7-17(8-3-1)14-5-4-12(10-15-14)16-13-6-9-18-11-13/h4-5,10,13,16H,1-3,6-9,11H2. The molecule has 1 unspecified atom stereocenters. The van der Waals surface area contributed by atoms with E-state index in [1.807, 2.05) is 6.20 Å². The Labute approximate surface area is 108 Å². The molecule has 1 aromatic heterocycles. The quantitative estimate of drug-likeness (QED) is 0.889. The molecule has 0 aromatic carbocycles. The highest BCUT2D eigenvalue weighted by Crippen LogP contribution is 2.20. The van der Waals surface area contributed by atoms with Crippen LogP contribution >= 0.6 is 0 Å². The minimum atomic E-state index is 0.452. The molecule has 3 rings (SSSR count). The summed E-state index contributed by atoms with van der Waals surface area (Å²) in [5, 5.41) is 3.46. The molecule has 98 valence electrons. The van der Waals surface area contributed by atoms with Gasteiger partial charge in [-0.15, -0.1) is 0 Å². The fourth-order valence-electron chi connectivity index (χ4n) is 2.67. The molecule has 2 saturated heterocycles. The van der Waals surface area contributed by atoms with Crippen molar-refractivity contribution in [3.63, 3.8) is 0 Å². The maximum Gasteiger partial charge on any atom is 0.128 e. The topological polar surface area (TPSA) is 37.4 Å². The number of aromatic nitrogens is 1. The van der Waals surface area contributed by atoms with Crippen LogP contribution in [0.25, 0.3) is 0 Å². The molecular weight excluding hydrogens is 226 g/mol. The first kappa shape index (κ1) is 11.8. The Morgan fingerprint density at radius 3 is 2.78 bits per heavy atom. The summed E-state index contributed by atoms with van der Waals surface area (Å²) in [6.07, 6.45) is 6.98. The molecule has 0 radical (unpaired) electrons. The van der Waals surface area contributed by atoms with Gasteiger partial charge in [-0.2, -0.15) is 0 Å². The van der Waals surface area contributed by atoms with Crippen LogP contribution in [0.3, 0.4) is 0 Å². The third kappa shape index (κ3) is 2.75. The molecule has 4 heteroatoms. The Morgan fingerprint density at radius 1 is 1.22 bits per heavy atom. The minimum Gasteiger partial charge on any atom is -0.379 e. The summed E-state index contributed by atoms with van der Waals surface area (Å²) in [6, 6.07) is 4.71. The van der Waals surface area contributed by atoms with Crippen molar-refractivity contribution in [1.82, 2.24) is 4.98 Å². The number of hydrogen-bond donors (Lipinski definition) is 1. The van der Waals surface area contributed by atoms with Gasteiger partial charge in [0.1, 0.15) is 5.82 Å². The predicted octanol–water partition coefficient (Wildman–Crippen LogP) is 2.27. The number of nitrogens with zero attached hydrogens (tertiary/aromatic N) is 2. The molecule has 1 atom stereocenters. The van der Waals surface area contributed by atoms with Crippen molar-refractivity contribution in [2.75, 3.05) is 36.5 Å². The molecule has 0 aliphatic carbocycles. The first-order valence-corrected chi connectivity index (χ1v) is 6.97. The summed E-state index contributed by atoms with van der Waals surface area (Å²) in [6.45, 7) is 3.98. The Hall–Kier alpha value is -1.29. The highest BCUT2D eigenvalue weighted by molar-refractivity contribution is 5.49. The normalized spacial score (nSPS) is 24.2. The van der Waals surface area contributed by atoms with Gasteiger partial charge in [-0.05, 0) is 37.8 Å². The van der Waals surface area contributed by atoms with E-state index in [0.29, 0.717) is 6.04 Å². The second-order valence-electron chi connectivity index (χ2n) is 5.16. The highest BCUT2D eigenvalue weighted by atomic mass is 16.5. The minimum absolute atomic E-state index is 0.452. The summed E-state index contributed by atoms with van der Waals surface area (Å²) < 4.78 is 5.36. The van der Waals surface area contributed by atoms with Crippen molar-refractivity contribution in [1.29, 1.82) is 0 Å². The van der Waals surface area contributed by atoms with Crippen LogP contribution in [0.15, 0.2) is 18.3 Å². The van der Waals surface area contributed by atoms with Gasteiger partial charge in [0.25, 0.3) is 0 Å². The zero-order valence-electron chi connectivity index (χ0n) is 10.8. The summed E-state index contributed by atoms with van der Waals surface area (Å²) in [4.78, 5) is 6.95. The van der Waals surface area contributed by atoms with Crippen molar-refractivity contribution in [3.05, 3.63) is 18.3 Å². The number of pyridine rings is 1. The maximum atomic E-state index is 5.36. The smallest absolute Gasteiger partial charge is 0.128 e. The van der Waals surface area contributed by atoms with E-state index in [2.05, 4.69) is 27.3 Å². The van der Waals surface area contributed by atoms with Crippen molar-refractivity contribution in [2.45, 2.75) is 31.7 Å². The van der Waals surface area contributed by atoms with E-state index < -0.39 is 0 Å². The van der Waals surface area contributed by atoms with Gasteiger partial charge in [-0.1, -0.05) is 0 Å².